The SMILES string of the molecule is COc1cc2cc(c1Cl)N(C)C(=O)CC(OC(=O)C(C)CCCC(C)S)C1(C)OC1C(C)C1CC(O)(NC(=O)O1)C(OC)/C=C/C=C(\C)C2. The van der Waals surface area contributed by atoms with E-state index in [1.165, 1.54) is 19.1 Å². The number of methoxy groups -OCH3 is 2. The van der Waals surface area contributed by atoms with Gasteiger partial charge in [-0.05, 0) is 56.1 Å². The minimum atomic E-state index is -1.78. The number of hydrogen-bond acceptors (Lipinski definition) is 10. The van der Waals surface area contributed by atoms with E-state index in [0.717, 1.165) is 24.0 Å². The van der Waals surface area contributed by atoms with Crippen molar-refractivity contribution in [1.82, 2.24) is 5.32 Å². The Kier molecular flexibility index (Phi) is 12.8. The molecule has 2 amide bonds. The Hall–Kier alpha value is -2.77. The second-order valence-corrected chi connectivity index (χ2v) is 15.2. The lowest BCUT2D eigenvalue weighted by Gasteiger charge is -2.42. The maximum atomic E-state index is 14.0. The number of nitrogens with zero attached hydrogens (tertiary/aromatic N) is 1. The number of aliphatic hydroxyl groups is 1. The summed E-state index contributed by atoms with van der Waals surface area (Å²) in [7, 11) is 4.59. The number of esters is 1. The van der Waals surface area contributed by atoms with Crippen molar-refractivity contribution in [1.29, 1.82) is 0 Å². The molecule has 3 heterocycles. The summed E-state index contributed by atoms with van der Waals surface area (Å²) in [4.78, 5) is 41.7. The van der Waals surface area contributed by atoms with Crippen molar-refractivity contribution in [3.8, 4) is 5.75 Å². The first kappa shape index (κ1) is 39.0. The number of nitrogens with one attached hydrogen (secondary N) is 1. The number of allylic oxidation sites excluding steroid dienone is 3. The van der Waals surface area contributed by atoms with E-state index in [9.17, 15) is 19.5 Å². The molecule has 49 heavy (non-hydrogen) atoms. The van der Waals surface area contributed by atoms with Gasteiger partial charge in [0.05, 0.1) is 31.2 Å². The van der Waals surface area contributed by atoms with Gasteiger partial charge in [0.25, 0.3) is 0 Å². The van der Waals surface area contributed by atoms with E-state index in [-0.39, 0.29) is 29.0 Å². The number of carbonyl (C=O) groups excluding carboxylic acids is 3. The average Bonchev–Trinajstić information content (AvgIpc) is 3.73. The van der Waals surface area contributed by atoms with Gasteiger partial charge in [-0.3, -0.25) is 14.9 Å². The van der Waals surface area contributed by atoms with Crippen LogP contribution in [-0.4, -0.2) is 85.3 Å². The summed E-state index contributed by atoms with van der Waals surface area (Å²) in [6.45, 7) is 9.39. The summed E-state index contributed by atoms with van der Waals surface area (Å²) in [5.74, 6) is -1.24. The minimum Gasteiger partial charge on any atom is -0.495 e. The number of anilines is 1. The molecule has 9 atom stereocenters. The summed E-state index contributed by atoms with van der Waals surface area (Å²) < 4.78 is 29.3. The van der Waals surface area contributed by atoms with Crippen LogP contribution < -0.4 is 15.0 Å². The number of fused-ring (bicyclic) bond motifs is 5. The van der Waals surface area contributed by atoms with E-state index in [4.69, 9.17) is 35.3 Å². The van der Waals surface area contributed by atoms with Crippen LogP contribution in [0.3, 0.4) is 0 Å². The lowest BCUT2D eigenvalue weighted by atomic mass is 9.83. The third-order valence-electron chi connectivity index (χ3n) is 9.87. The molecule has 1 aromatic rings. The van der Waals surface area contributed by atoms with Crippen LogP contribution in [0.2, 0.25) is 5.02 Å². The highest BCUT2D eigenvalue weighted by molar-refractivity contribution is 7.80. The molecular formula is C36H51ClN2O9S. The molecule has 272 valence electrons. The van der Waals surface area contributed by atoms with Gasteiger partial charge in [0.15, 0.2) is 5.72 Å². The van der Waals surface area contributed by atoms with Gasteiger partial charge in [-0.25, -0.2) is 4.79 Å². The van der Waals surface area contributed by atoms with Gasteiger partial charge in [0.2, 0.25) is 5.91 Å². The number of epoxide rings is 1. The van der Waals surface area contributed by atoms with Gasteiger partial charge in [-0.1, -0.05) is 62.6 Å². The maximum absolute atomic E-state index is 14.0. The Morgan fingerprint density at radius 3 is 2.61 bits per heavy atom. The second-order valence-electron chi connectivity index (χ2n) is 13.9. The smallest absolute Gasteiger partial charge is 0.409 e. The van der Waals surface area contributed by atoms with Crippen LogP contribution in [-0.2, 0) is 35.0 Å². The van der Waals surface area contributed by atoms with Crippen molar-refractivity contribution in [2.45, 2.75) is 114 Å². The second kappa shape index (κ2) is 16.1. The maximum Gasteiger partial charge on any atom is 0.409 e. The van der Waals surface area contributed by atoms with Crippen LogP contribution in [0.4, 0.5) is 10.5 Å². The zero-order chi connectivity index (χ0) is 36.3. The van der Waals surface area contributed by atoms with Crippen LogP contribution >= 0.6 is 24.2 Å². The van der Waals surface area contributed by atoms with Crippen LogP contribution in [0.5, 0.6) is 5.75 Å². The first-order chi connectivity index (χ1) is 23.0. The number of alkyl carbamates (subject to hydrolysis) is 1. The Morgan fingerprint density at radius 1 is 1.24 bits per heavy atom. The number of rotatable bonds is 8. The monoisotopic (exact) mass is 722 g/mol. The van der Waals surface area contributed by atoms with E-state index in [0.29, 0.717) is 24.3 Å². The molecule has 2 N–H and O–H groups in total. The van der Waals surface area contributed by atoms with E-state index in [2.05, 4.69) is 17.9 Å². The van der Waals surface area contributed by atoms with Gasteiger partial charge in [0, 0.05) is 26.5 Å². The third kappa shape index (κ3) is 9.13. The fourth-order valence-electron chi connectivity index (χ4n) is 6.70. The van der Waals surface area contributed by atoms with Gasteiger partial charge in [-0.15, -0.1) is 0 Å². The van der Waals surface area contributed by atoms with Crippen molar-refractivity contribution >= 4 is 47.9 Å². The van der Waals surface area contributed by atoms with E-state index in [1.807, 2.05) is 45.9 Å². The number of hydrogen-bond donors (Lipinski definition) is 3. The first-order valence-electron chi connectivity index (χ1n) is 16.8. The molecule has 4 rings (SSSR count). The number of carbonyl (C=O) groups is 3. The normalized spacial score (nSPS) is 33.6. The number of amides is 2. The quantitative estimate of drug-likeness (QED) is 0.173. The van der Waals surface area contributed by atoms with Crippen molar-refractivity contribution in [3.05, 3.63) is 46.5 Å². The average molecular weight is 723 g/mol. The zero-order valence-electron chi connectivity index (χ0n) is 29.7. The molecule has 0 aromatic heterocycles. The Morgan fingerprint density at radius 2 is 1.96 bits per heavy atom. The molecule has 2 fully saturated rings. The standard InChI is InChI=1S/C36H51ClN2O9S/c1-20-11-9-14-28(45-8)36(43)19-27(46-34(42)38-36)23(4)32-35(5,48-32)29(47-33(41)21(2)12-10-13-22(3)49)18-30(40)39(6)25-16-24(15-20)17-26(44-7)31(25)37/h9,11,14,16-17,21-23,27-29,32,43,49H,10,12-13,15,18-19H2,1-8H3,(H,38,42)/b14-9+,20-11+. The number of thiol groups is 1. The third-order valence-corrected chi connectivity index (χ3v) is 10.5. The molecular weight excluding hydrogens is 672 g/mol. The van der Waals surface area contributed by atoms with Crippen molar-refractivity contribution < 1.29 is 43.2 Å². The van der Waals surface area contributed by atoms with Crippen molar-refractivity contribution in [2.75, 3.05) is 26.2 Å². The number of ether oxygens (including phenoxy) is 5. The van der Waals surface area contributed by atoms with Crippen molar-refractivity contribution in [2.24, 2.45) is 11.8 Å². The van der Waals surface area contributed by atoms with Crippen LogP contribution in [0.25, 0.3) is 0 Å². The molecule has 11 nitrogen and oxygen atoms in total. The molecule has 0 saturated carbocycles. The largest absolute Gasteiger partial charge is 0.495 e. The molecule has 2 saturated heterocycles. The molecule has 13 heteroatoms. The molecule has 3 aliphatic rings. The highest BCUT2D eigenvalue weighted by Gasteiger charge is 2.64. The molecule has 1 aromatic carbocycles. The summed E-state index contributed by atoms with van der Waals surface area (Å²) in [6, 6.07) is 3.65. The van der Waals surface area contributed by atoms with Gasteiger partial charge in [-0.2, -0.15) is 12.6 Å². The minimum absolute atomic E-state index is 0.00174. The van der Waals surface area contributed by atoms with Gasteiger partial charge in [0.1, 0.15) is 34.7 Å². The first-order valence-corrected chi connectivity index (χ1v) is 17.7. The fourth-order valence-corrected chi connectivity index (χ4v) is 7.19. The molecule has 0 aliphatic carbocycles. The zero-order valence-corrected chi connectivity index (χ0v) is 31.3. The molecule has 4 bridgehead atoms. The predicted molar refractivity (Wildman–Crippen MR) is 190 cm³/mol. The molecule has 0 radical (unpaired) electrons. The van der Waals surface area contributed by atoms with Crippen molar-refractivity contribution in [3.63, 3.8) is 0 Å². The lowest BCUT2D eigenvalue weighted by molar-refractivity contribution is -0.158. The van der Waals surface area contributed by atoms with Gasteiger partial charge >= 0.3 is 12.1 Å². The van der Waals surface area contributed by atoms with Crippen LogP contribution in [0.1, 0.15) is 72.3 Å². The number of benzene rings is 1. The molecule has 3 aliphatic heterocycles. The summed E-state index contributed by atoms with van der Waals surface area (Å²) in [5, 5.41) is 14.7. The summed E-state index contributed by atoms with van der Waals surface area (Å²) in [5.41, 5.74) is -0.622. The van der Waals surface area contributed by atoms with Gasteiger partial charge < -0.3 is 33.7 Å². The molecule has 0 spiro atoms. The summed E-state index contributed by atoms with van der Waals surface area (Å²) in [6.07, 6.45) is 3.86. The highest BCUT2D eigenvalue weighted by atomic mass is 35.5. The van der Waals surface area contributed by atoms with E-state index in [1.54, 1.807) is 26.1 Å². The lowest BCUT2D eigenvalue weighted by Crippen LogP contribution is -2.63. The Labute approximate surface area is 300 Å². The topological polar surface area (TPSA) is 136 Å². The fraction of sp³-hybridized carbons (Fsp3) is 0.639. The highest BCUT2D eigenvalue weighted by Crippen LogP contribution is 2.49. The summed E-state index contributed by atoms with van der Waals surface area (Å²) >= 11 is 11.2. The van der Waals surface area contributed by atoms with E-state index >= 15 is 0 Å². The molecule has 9 unspecified atom stereocenters. The Balaban J connectivity index is 1.75. The number of halogens is 1. The van der Waals surface area contributed by atoms with Crippen LogP contribution in [0.15, 0.2) is 35.9 Å². The Bertz CT molecular complexity index is 1450. The van der Waals surface area contributed by atoms with E-state index < -0.39 is 59.6 Å². The predicted octanol–water partition coefficient (Wildman–Crippen LogP) is 5.79. The van der Waals surface area contributed by atoms with Crippen LogP contribution in [0, 0.1) is 11.8 Å².